The average molecular weight is 254 g/mol. The van der Waals surface area contributed by atoms with Gasteiger partial charge in [0.25, 0.3) is 0 Å². The first-order valence-electron chi connectivity index (χ1n) is 5.36. The molecule has 0 bridgehead atoms. The van der Waals surface area contributed by atoms with Crippen molar-refractivity contribution in [3.8, 4) is 0 Å². The number of rotatable bonds is 5. The van der Waals surface area contributed by atoms with Crippen LogP contribution >= 0.6 is 12.2 Å². The molecule has 17 heavy (non-hydrogen) atoms. The van der Waals surface area contributed by atoms with E-state index in [9.17, 15) is 9.18 Å². The van der Waals surface area contributed by atoms with E-state index in [1.807, 2.05) is 6.92 Å². The fourth-order valence-corrected chi connectivity index (χ4v) is 1.74. The van der Waals surface area contributed by atoms with Crippen molar-refractivity contribution < 1.29 is 9.18 Å². The lowest BCUT2D eigenvalue weighted by Crippen LogP contribution is -2.37. The maximum absolute atomic E-state index is 13.3. The smallest absolute Gasteiger partial charge is 0.230 e. The Morgan fingerprint density at radius 3 is 2.71 bits per heavy atom. The monoisotopic (exact) mass is 254 g/mol. The number of hydrogen-bond donors (Lipinski definition) is 2. The zero-order chi connectivity index (χ0) is 12.8. The van der Waals surface area contributed by atoms with Crippen molar-refractivity contribution in [3.63, 3.8) is 0 Å². The predicted octanol–water partition coefficient (Wildman–Crippen LogP) is 1.75. The highest BCUT2D eigenvalue weighted by Gasteiger charge is 2.18. The second kappa shape index (κ2) is 6.30. The van der Waals surface area contributed by atoms with Crippen molar-refractivity contribution in [3.05, 3.63) is 35.6 Å². The number of carbonyl (C=O) groups is 1. The van der Waals surface area contributed by atoms with Crippen LogP contribution < -0.4 is 11.1 Å². The molecule has 1 aromatic rings. The zero-order valence-electron chi connectivity index (χ0n) is 9.57. The maximum atomic E-state index is 13.3. The van der Waals surface area contributed by atoms with E-state index in [2.05, 4.69) is 5.32 Å². The summed E-state index contributed by atoms with van der Waals surface area (Å²) >= 11 is 4.79. The minimum absolute atomic E-state index is 0.143. The SMILES string of the molecule is CCC(C(=O)NCc1ccccc1F)C(N)=S. The quantitative estimate of drug-likeness (QED) is 0.787. The molecular weight excluding hydrogens is 239 g/mol. The fourth-order valence-electron chi connectivity index (χ4n) is 1.46. The lowest BCUT2D eigenvalue weighted by Gasteiger charge is -2.13. The van der Waals surface area contributed by atoms with Crippen LogP contribution in [0.25, 0.3) is 0 Å². The molecule has 3 nitrogen and oxygen atoms in total. The van der Waals surface area contributed by atoms with Gasteiger partial charge in [-0.25, -0.2) is 4.39 Å². The molecule has 0 radical (unpaired) electrons. The first-order chi connectivity index (χ1) is 8.06. The Hall–Kier alpha value is -1.49. The lowest BCUT2D eigenvalue weighted by molar-refractivity contribution is -0.123. The van der Waals surface area contributed by atoms with E-state index in [0.717, 1.165) is 0 Å². The molecule has 0 aliphatic heterocycles. The molecule has 0 aliphatic rings. The summed E-state index contributed by atoms with van der Waals surface area (Å²) in [7, 11) is 0. The van der Waals surface area contributed by atoms with Crippen molar-refractivity contribution in [2.75, 3.05) is 0 Å². The Morgan fingerprint density at radius 2 is 2.18 bits per heavy atom. The van der Waals surface area contributed by atoms with Crippen LogP contribution in [0.15, 0.2) is 24.3 Å². The van der Waals surface area contributed by atoms with Crippen LogP contribution in [0.3, 0.4) is 0 Å². The molecule has 1 aromatic carbocycles. The normalized spacial score (nSPS) is 11.9. The Balaban J connectivity index is 2.59. The first-order valence-corrected chi connectivity index (χ1v) is 5.77. The molecule has 1 unspecified atom stereocenters. The van der Waals surface area contributed by atoms with Gasteiger partial charge in [-0.2, -0.15) is 0 Å². The first kappa shape index (κ1) is 13.6. The summed E-state index contributed by atoms with van der Waals surface area (Å²) in [4.78, 5) is 11.9. The van der Waals surface area contributed by atoms with Crippen molar-refractivity contribution >= 4 is 23.1 Å². The number of nitrogens with two attached hydrogens (primary N) is 1. The van der Waals surface area contributed by atoms with Gasteiger partial charge in [0.1, 0.15) is 5.82 Å². The maximum Gasteiger partial charge on any atom is 0.230 e. The Labute approximate surface area is 105 Å². The third-order valence-corrected chi connectivity index (χ3v) is 2.76. The molecular formula is C12H15FN2OS. The number of nitrogens with one attached hydrogen (secondary N) is 1. The van der Waals surface area contributed by atoms with Crippen molar-refractivity contribution in [1.29, 1.82) is 0 Å². The van der Waals surface area contributed by atoms with Gasteiger partial charge in [-0.05, 0) is 12.5 Å². The van der Waals surface area contributed by atoms with Gasteiger partial charge in [-0.3, -0.25) is 4.79 Å². The Morgan fingerprint density at radius 1 is 1.53 bits per heavy atom. The van der Waals surface area contributed by atoms with E-state index < -0.39 is 5.92 Å². The van der Waals surface area contributed by atoms with E-state index in [-0.39, 0.29) is 23.3 Å². The van der Waals surface area contributed by atoms with E-state index in [4.69, 9.17) is 18.0 Å². The number of thiocarbonyl (C=S) groups is 1. The van der Waals surface area contributed by atoms with Crippen LogP contribution in [0.5, 0.6) is 0 Å². The second-order valence-electron chi connectivity index (χ2n) is 3.67. The van der Waals surface area contributed by atoms with Crippen LogP contribution in [0.1, 0.15) is 18.9 Å². The number of benzene rings is 1. The summed E-state index contributed by atoms with van der Waals surface area (Å²) in [5.74, 6) is -1.09. The topological polar surface area (TPSA) is 55.1 Å². The zero-order valence-corrected chi connectivity index (χ0v) is 10.4. The molecule has 0 fully saturated rings. The number of halogens is 1. The summed E-state index contributed by atoms with van der Waals surface area (Å²) < 4.78 is 13.3. The molecule has 0 saturated carbocycles. The van der Waals surface area contributed by atoms with Crippen molar-refractivity contribution in [1.82, 2.24) is 5.32 Å². The summed E-state index contributed by atoms with van der Waals surface area (Å²) in [6.45, 7) is 1.97. The van der Waals surface area contributed by atoms with Gasteiger partial charge in [0.2, 0.25) is 5.91 Å². The van der Waals surface area contributed by atoms with Crippen LogP contribution in [0, 0.1) is 11.7 Å². The van der Waals surface area contributed by atoms with Gasteiger partial charge in [-0.15, -0.1) is 0 Å². The van der Waals surface area contributed by atoms with E-state index >= 15 is 0 Å². The molecule has 5 heteroatoms. The Bertz CT molecular complexity index is 423. The van der Waals surface area contributed by atoms with Crippen molar-refractivity contribution in [2.45, 2.75) is 19.9 Å². The largest absolute Gasteiger partial charge is 0.393 e. The molecule has 1 atom stereocenters. The number of amides is 1. The number of hydrogen-bond acceptors (Lipinski definition) is 2. The van der Waals surface area contributed by atoms with Gasteiger partial charge < -0.3 is 11.1 Å². The van der Waals surface area contributed by atoms with Crippen LogP contribution in [-0.2, 0) is 11.3 Å². The van der Waals surface area contributed by atoms with Crippen LogP contribution in [-0.4, -0.2) is 10.9 Å². The molecule has 92 valence electrons. The fraction of sp³-hybridized carbons (Fsp3) is 0.333. The third-order valence-electron chi connectivity index (χ3n) is 2.48. The highest BCUT2D eigenvalue weighted by atomic mass is 32.1. The van der Waals surface area contributed by atoms with Gasteiger partial charge in [0.15, 0.2) is 0 Å². The Kier molecular flexibility index (Phi) is 5.03. The molecule has 0 spiro atoms. The van der Waals surface area contributed by atoms with E-state index in [1.54, 1.807) is 18.2 Å². The second-order valence-corrected chi connectivity index (χ2v) is 4.14. The minimum Gasteiger partial charge on any atom is -0.393 e. The highest BCUT2D eigenvalue weighted by Crippen LogP contribution is 2.07. The third kappa shape index (κ3) is 3.78. The lowest BCUT2D eigenvalue weighted by atomic mass is 10.1. The molecule has 0 aromatic heterocycles. The number of carbonyl (C=O) groups excluding carboxylic acids is 1. The predicted molar refractivity (Wildman–Crippen MR) is 68.8 cm³/mol. The summed E-state index contributed by atoms with van der Waals surface area (Å²) in [6.07, 6.45) is 0.540. The van der Waals surface area contributed by atoms with Gasteiger partial charge in [0, 0.05) is 12.1 Å². The summed E-state index contributed by atoms with van der Waals surface area (Å²) in [6, 6.07) is 6.30. The molecule has 0 saturated heterocycles. The van der Waals surface area contributed by atoms with E-state index in [1.165, 1.54) is 6.07 Å². The summed E-state index contributed by atoms with van der Waals surface area (Å²) in [5.41, 5.74) is 5.89. The van der Waals surface area contributed by atoms with Gasteiger partial charge in [0.05, 0.1) is 10.9 Å². The van der Waals surface area contributed by atoms with Gasteiger partial charge in [-0.1, -0.05) is 37.3 Å². The summed E-state index contributed by atoms with van der Waals surface area (Å²) in [5, 5.41) is 2.63. The molecule has 0 heterocycles. The standard InChI is InChI=1S/C12H15FN2OS/c1-2-9(11(14)17)12(16)15-7-8-5-3-4-6-10(8)13/h3-6,9H,2,7H2,1H3,(H2,14,17)(H,15,16). The van der Waals surface area contributed by atoms with E-state index in [0.29, 0.717) is 12.0 Å². The highest BCUT2D eigenvalue weighted by molar-refractivity contribution is 7.80. The molecule has 1 amide bonds. The molecule has 1 rings (SSSR count). The minimum atomic E-state index is -0.489. The average Bonchev–Trinajstić information content (AvgIpc) is 2.28. The van der Waals surface area contributed by atoms with Gasteiger partial charge >= 0.3 is 0 Å². The molecule has 3 N–H and O–H groups in total. The van der Waals surface area contributed by atoms with Crippen LogP contribution in [0.2, 0.25) is 0 Å². The van der Waals surface area contributed by atoms with Crippen LogP contribution in [0.4, 0.5) is 4.39 Å². The van der Waals surface area contributed by atoms with Crippen molar-refractivity contribution in [2.24, 2.45) is 11.7 Å². The molecule has 0 aliphatic carbocycles.